The summed E-state index contributed by atoms with van der Waals surface area (Å²) in [5.74, 6) is 0.443. The normalized spacial score (nSPS) is 14.2. The molecule has 2 aromatic heterocycles. The molecule has 8 heteroatoms. The molecule has 0 spiro atoms. The van der Waals surface area contributed by atoms with Crippen molar-refractivity contribution in [2.45, 2.75) is 32.4 Å². The van der Waals surface area contributed by atoms with E-state index in [1.807, 2.05) is 6.07 Å². The highest BCUT2D eigenvalue weighted by molar-refractivity contribution is 5.78. The van der Waals surface area contributed by atoms with E-state index >= 15 is 0 Å². The number of anilines is 1. The van der Waals surface area contributed by atoms with Gasteiger partial charge in [0.1, 0.15) is 6.54 Å². The largest absolute Gasteiger partial charge is 0.349 e. The van der Waals surface area contributed by atoms with E-state index in [-0.39, 0.29) is 24.6 Å². The van der Waals surface area contributed by atoms with Crippen LogP contribution in [0.2, 0.25) is 0 Å². The first kappa shape index (κ1) is 18.1. The average Bonchev–Trinajstić information content (AvgIpc) is 2.75. The topological polar surface area (TPSA) is 93.0 Å². The van der Waals surface area contributed by atoms with Crippen molar-refractivity contribution in [2.24, 2.45) is 0 Å². The zero-order valence-corrected chi connectivity index (χ0v) is 15.5. The van der Waals surface area contributed by atoms with E-state index in [2.05, 4.69) is 25.2 Å². The van der Waals surface area contributed by atoms with Crippen LogP contribution in [0.15, 0.2) is 47.7 Å². The smallest absolute Gasteiger partial charge is 0.261 e. The molecule has 1 aliphatic heterocycles. The lowest BCUT2D eigenvalue weighted by molar-refractivity contribution is -0.121. The van der Waals surface area contributed by atoms with Crippen molar-refractivity contribution in [2.75, 3.05) is 18.0 Å². The fourth-order valence-corrected chi connectivity index (χ4v) is 3.35. The molecule has 3 heterocycles. The van der Waals surface area contributed by atoms with Gasteiger partial charge in [-0.25, -0.2) is 15.0 Å². The number of fused-ring (bicyclic) bond motifs is 1. The molecule has 0 bridgehead atoms. The maximum Gasteiger partial charge on any atom is 0.261 e. The number of amides is 1. The van der Waals surface area contributed by atoms with Gasteiger partial charge in [-0.2, -0.15) is 0 Å². The predicted octanol–water partition coefficient (Wildman–Crippen LogP) is 1.49. The number of nitrogens with zero attached hydrogens (tertiary/aromatic N) is 5. The number of para-hydroxylation sites is 1. The van der Waals surface area contributed by atoms with E-state index in [1.165, 1.54) is 17.3 Å². The fourth-order valence-electron chi connectivity index (χ4n) is 3.35. The van der Waals surface area contributed by atoms with E-state index in [0.29, 0.717) is 16.9 Å². The van der Waals surface area contributed by atoms with Gasteiger partial charge in [-0.3, -0.25) is 14.2 Å². The lowest BCUT2D eigenvalue weighted by atomic mass is 10.1. The number of piperidine rings is 1. The van der Waals surface area contributed by atoms with Gasteiger partial charge in [0, 0.05) is 19.3 Å². The van der Waals surface area contributed by atoms with Gasteiger partial charge in [0.25, 0.3) is 5.56 Å². The van der Waals surface area contributed by atoms with Crippen molar-refractivity contribution in [1.29, 1.82) is 0 Å². The molecule has 1 aliphatic rings. The molecular weight excluding hydrogens is 356 g/mol. The Morgan fingerprint density at radius 2 is 1.89 bits per heavy atom. The number of hydrogen-bond acceptors (Lipinski definition) is 6. The predicted molar refractivity (Wildman–Crippen MR) is 106 cm³/mol. The van der Waals surface area contributed by atoms with Gasteiger partial charge in [-0.1, -0.05) is 12.1 Å². The summed E-state index contributed by atoms with van der Waals surface area (Å²) in [5, 5.41) is 3.32. The minimum atomic E-state index is -0.266. The van der Waals surface area contributed by atoms with Crippen LogP contribution < -0.4 is 15.8 Å². The zero-order chi connectivity index (χ0) is 19.3. The lowest BCUT2D eigenvalue weighted by Gasteiger charge is -2.26. The van der Waals surface area contributed by atoms with Crippen molar-refractivity contribution >= 4 is 22.8 Å². The third-order valence-electron chi connectivity index (χ3n) is 4.85. The Kier molecular flexibility index (Phi) is 5.27. The monoisotopic (exact) mass is 378 g/mol. The summed E-state index contributed by atoms with van der Waals surface area (Å²) in [6, 6.07) is 8.88. The molecule has 0 radical (unpaired) electrons. The minimum absolute atomic E-state index is 0.0826. The maximum absolute atomic E-state index is 12.5. The highest BCUT2D eigenvalue weighted by atomic mass is 16.2. The number of carbonyl (C=O) groups is 1. The van der Waals surface area contributed by atoms with E-state index in [0.717, 1.165) is 31.6 Å². The van der Waals surface area contributed by atoms with Crippen LogP contribution in [0.3, 0.4) is 0 Å². The summed E-state index contributed by atoms with van der Waals surface area (Å²) < 4.78 is 1.32. The van der Waals surface area contributed by atoms with E-state index in [9.17, 15) is 9.59 Å². The number of hydrogen-bond donors (Lipinski definition) is 1. The second-order valence-electron chi connectivity index (χ2n) is 6.87. The van der Waals surface area contributed by atoms with Crippen LogP contribution in [0.25, 0.3) is 10.9 Å². The van der Waals surface area contributed by atoms with Crippen LogP contribution in [-0.4, -0.2) is 38.5 Å². The minimum Gasteiger partial charge on any atom is -0.349 e. The summed E-state index contributed by atoms with van der Waals surface area (Å²) in [5.41, 5.74) is 1.14. The number of aromatic nitrogens is 4. The van der Waals surface area contributed by atoms with Crippen molar-refractivity contribution in [1.82, 2.24) is 24.8 Å². The molecule has 1 saturated heterocycles. The van der Waals surface area contributed by atoms with Crippen LogP contribution in [0.4, 0.5) is 5.95 Å². The third kappa shape index (κ3) is 4.00. The molecule has 1 N–H and O–H groups in total. The van der Waals surface area contributed by atoms with Gasteiger partial charge < -0.3 is 10.2 Å². The van der Waals surface area contributed by atoms with Crippen molar-refractivity contribution in [3.05, 3.63) is 58.9 Å². The molecule has 0 unspecified atom stereocenters. The first-order chi connectivity index (χ1) is 13.7. The molecule has 1 fully saturated rings. The third-order valence-corrected chi connectivity index (χ3v) is 4.85. The molecule has 0 atom stereocenters. The second kappa shape index (κ2) is 8.16. The molecule has 144 valence electrons. The summed E-state index contributed by atoms with van der Waals surface area (Å²) >= 11 is 0. The zero-order valence-electron chi connectivity index (χ0n) is 15.5. The summed E-state index contributed by atoms with van der Waals surface area (Å²) in [6.07, 6.45) is 6.67. The number of benzene rings is 1. The van der Waals surface area contributed by atoms with Crippen molar-refractivity contribution in [3.63, 3.8) is 0 Å². The first-order valence-electron chi connectivity index (χ1n) is 9.48. The Labute approximate surface area is 162 Å². The van der Waals surface area contributed by atoms with Crippen LogP contribution in [0.5, 0.6) is 0 Å². The Bertz CT molecular complexity index is 1040. The molecule has 28 heavy (non-hydrogen) atoms. The number of nitrogens with one attached hydrogen (secondary N) is 1. The van der Waals surface area contributed by atoms with Crippen LogP contribution in [0, 0.1) is 0 Å². The maximum atomic E-state index is 12.5. The standard InChI is InChI=1S/C20H22N6O2/c27-18(13-26-14-23-17-7-3-2-6-16(17)19(26)28)22-12-15-8-9-21-20(24-15)25-10-4-1-5-11-25/h2-3,6-9,14H,1,4-5,10-13H2,(H,22,27). The summed E-state index contributed by atoms with van der Waals surface area (Å²) in [6.45, 7) is 2.14. The molecule has 8 nitrogen and oxygen atoms in total. The Hall–Kier alpha value is -3.29. The van der Waals surface area contributed by atoms with Crippen LogP contribution in [0.1, 0.15) is 25.0 Å². The molecular formula is C20H22N6O2. The van der Waals surface area contributed by atoms with Gasteiger partial charge >= 0.3 is 0 Å². The molecule has 0 aliphatic carbocycles. The fraction of sp³-hybridized carbons (Fsp3) is 0.350. The quantitative estimate of drug-likeness (QED) is 0.723. The first-order valence-corrected chi connectivity index (χ1v) is 9.48. The Balaban J connectivity index is 1.40. The number of carbonyl (C=O) groups excluding carboxylic acids is 1. The van der Waals surface area contributed by atoms with Gasteiger partial charge in [-0.05, 0) is 37.5 Å². The average molecular weight is 378 g/mol. The van der Waals surface area contributed by atoms with Crippen molar-refractivity contribution in [3.8, 4) is 0 Å². The molecule has 1 aromatic carbocycles. The van der Waals surface area contributed by atoms with E-state index < -0.39 is 0 Å². The van der Waals surface area contributed by atoms with Gasteiger partial charge in [0.2, 0.25) is 11.9 Å². The number of rotatable bonds is 5. The highest BCUT2D eigenvalue weighted by Gasteiger charge is 2.14. The summed E-state index contributed by atoms with van der Waals surface area (Å²) in [7, 11) is 0. The molecule has 4 rings (SSSR count). The van der Waals surface area contributed by atoms with Gasteiger partial charge in [0.05, 0.1) is 29.5 Å². The van der Waals surface area contributed by atoms with Crippen LogP contribution in [-0.2, 0) is 17.9 Å². The molecule has 3 aromatic rings. The van der Waals surface area contributed by atoms with Crippen LogP contribution >= 0.6 is 0 Å². The molecule has 0 saturated carbocycles. The lowest BCUT2D eigenvalue weighted by Crippen LogP contribution is -2.33. The Morgan fingerprint density at radius 3 is 2.75 bits per heavy atom. The van der Waals surface area contributed by atoms with E-state index in [1.54, 1.807) is 30.5 Å². The van der Waals surface area contributed by atoms with Gasteiger partial charge in [0.15, 0.2) is 0 Å². The SMILES string of the molecule is O=C(Cn1cnc2ccccc2c1=O)NCc1ccnc(N2CCCCC2)n1. The Morgan fingerprint density at radius 1 is 1.07 bits per heavy atom. The van der Waals surface area contributed by atoms with Crippen molar-refractivity contribution < 1.29 is 4.79 Å². The second-order valence-corrected chi connectivity index (χ2v) is 6.87. The summed E-state index contributed by atoms with van der Waals surface area (Å²) in [4.78, 5) is 40.1. The highest BCUT2D eigenvalue weighted by Crippen LogP contribution is 2.15. The molecule has 1 amide bonds. The van der Waals surface area contributed by atoms with Gasteiger partial charge in [-0.15, -0.1) is 0 Å². The van der Waals surface area contributed by atoms with E-state index in [4.69, 9.17) is 0 Å².